The standard InChI is InChI=1S/C21H36N4O3.HI/c1-7-23-19(26)21(3,4)15-25-20(22-5)24-13-9-10-16-11-12-17(27-6)18(14-16)28-8-2;/h11-12,14H,7-10,13,15H2,1-6H3,(H,23,26)(H2,22,24,25);1H. The van der Waals surface area contributed by atoms with Gasteiger partial charge < -0.3 is 25.4 Å². The van der Waals surface area contributed by atoms with Crippen LogP contribution in [0.1, 0.15) is 39.7 Å². The zero-order chi connectivity index (χ0) is 21.0. The lowest BCUT2D eigenvalue weighted by atomic mass is 9.92. The quantitative estimate of drug-likeness (QED) is 0.181. The molecule has 1 rings (SSSR count). The van der Waals surface area contributed by atoms with Crippen molar-refractivity contribution in [2.24, 2.45) is 10.4 Å². The maximum atomic E-state index is 12.1. The third kappa shape index (κ3) is 9.56. The normalized spacial score (nSPS) is 11.3. The van der Waals surface area contributed by atoms with Gasteiger partial charge in [0.2, 0.25) is 5.91 Å². The number of benzene rings is 1. The second-order valence-electron chi connectivity index (χ2n) is 7.12. The lowest BCUT2D eigenvalue weighted by Gasteiger charge is -2.24. The molecule has 0 aliphatic heterocycles. The summed E-state index contributed by atoms with van der Waals surface area (Å²) in [5, 5.41) is 9.39. The number of guanidine groups is 1. The number of carbonyl (C=O) groups is 1. The molecule has 166 valence electrons. The van der Waals surface area contributed by atoms with Crippen molar-refractivity contribution >= 4 is 35.8 Å². The number of nitrogens with zero attached hydrogens (tertiary/aromatic N) is 1. The summed E-state index contributed by atoms with van der Waals surface area (Å²) in [6, 6.07) is 6.03. The van der Waals surface area contributed by atoms with Crippen LogP contribution in [0, 0.1) is 5.41 Å². The highest BCUT2D eigenvalue weighted by Gasteiger charge is 2.27. The molecular formula is C21H37IN4O3. The molecule has 0 spiro atoms. The van der Waals surface area contributed by atoms with Gasteiger partial charge in [-0.15, -0.1) is 24.0 Å². The van der Waals surface area contributed by atoms with E-state index in [4.69, 9.17) is 9.47 Å². The number of methoxy groups -OCH3 is 1. The van der Waals surface area contributed by atoms with Crippen molar-refractivity contribution in [3.05, 3.63) is 23.8 Å². The first-order valence-corrected chi connectivity index (χ1v) is 9.90. The highest BCUT2D eigenvalue weighted by molar-refractivity contribution is 14.0. The Bertz CT molecular complexity index is 651. The molecule has 0 aliphatic carbocycles. The van der Waals surface area contributed by atoms with Crippen molar-refractivity contribution in [1.29, 1.82) is 0 Å². The summed E-state index contributed by atoms with van der Waals surface area (Å²) in [6.45, 7) is 10.2. The highest BCUT2D eigenvalue weighted by Crippen LogP contribution is 2.28. The SMILES string of the molecule is CCNC(=O)C(C)(C)CNC(=NC)NCCCc1ccc(OC)c(OCC)c1.I. The van der Waals surface area contributed by atoms with Crippen molar-refractivity contribution < 1.29 is 14.3 Å². The van der Waals surface area contributed by atoms with Crippen molar-refractivity contribution in [3.63, 3.8) is 0 Å². The van der Waals surface area contributed by atoms with Gasteiger partial charge in [0.15, 0.2) is 17.5 Å². The molecule has 0 saturated heterocycles. The molecule has 3 N–H and O–H groups in total. The van der Waals surface area contributed by atoms with Gasteiger partial charge in [0.25, 0.3) is 0 Å². The minimum atomic E-state index is -0.508. The van der Waals surface area contributed by atoms with Crippen LogP contribution < -0.4 is 25.4 Å². The molecule has 0 aromatic heterocycles. The van der Waals surface area contributed by atoms with E-state index in [-0.39, 0.29) is 29.9 Å². The van der Waals surface area contributed by atoms with Crippen LogP contribution in [0.25, 0.3) is 0 Å². The maximum absolute atomic E-state index is 12.1. The van der Waals surface area contributed by atoms with E-state index in [1.807, 2.05) is 39.8 Å². The Balaban J connectivity index is 0.00000784. The van der Waals surface area contributed by atoms with Crippen LogP contribution in [0.5, 0.6) is 11.5 Å². The van der Waals surface area contributed by atoms with E-state index in [2.05, 4.69) is 27.0 Å². The average Bonchev–Trinajstić information content (AvgIpc) is 2.68. The molecule has 0 heterocycles. The first-order valence-electron chi connectivity index (χ1n) is 9.90. The van der Waals surface area contributed by atoms with E-state index >= 15 is 0 Å². The molecule has 0 saturated carbocycles. The number of halogens is 1. The van der Waals surface area contributed by atoms with Crippen LogP contribution in [-0.4, -0.2) is 52.3 Å². The molecular weight excluding hydrogens is 483 g/mol. The average molecular weight is 520 g/mol. The molecule has 1 amide bonds. The van der Waals surface area contributed by atoms with Crippen molar-refractivity contribution in [2.75, 3.05) is 40.4 Å². The minimum Gasteiger partial charge on any atom is -0.493 e. The third-order valence-corrected chi connectivity index (χ3v) is 4.34. The molecule has 1 aromatic carbocycles. The van der Waals surface area contributed by atoms with Gasteiger partial charge in [-0.1, -0.05) is 6.07 Å². The van der Waals surface area contributed by atoms with Gasteiger partial charge in [0.05, 0.1) is 19.1 Å². The Kier molecular flexibility index (Phi) is 13.5. The number of nitrogens with one attached hydrogen (secondary N) is 3. The molecule has 0 radical (unpaired) electrons. The first-order chi connectivity index (χ1) is 13.4. The number of carbonyl (C=O) groups excluding carboxylic acids is 1. The van der Waals surface area contributed by atoms with Gasteiger partial charge in [-0.25, -0.2) is 0 Å². The zero-order valence-corrected chi connectivity index (χ0v) is 20.9. The summed E-state index contributed by atoms with van der Waals surface area (Å²) in [5.41, 5.74) is 0.693. The monoisotopic (exact) mass is 520 g/mol. The lowest BCUT2D eigenvalue weighted by Crippen LogP contribution is -2.48. The number of hydrogen-bond donors (Lipinski definition) is 3. The van der Waals surface area contributed by atoms with Crippen molar-refractivity contribution in [3.8, 4) is 11.5 Å². The molecule has 7 nitrogen and oxygen atoms in total. The predicted octanol–water partition coefficient (Wildman–Crippen LogP) is 2.97. The topological polar surface area (TPSA) is 84.0 Å². The second-order valence-corrected chi connectivity index (χ2v) is 7.12. The number of hydrogen-bond acceptors (Lipinski definition) is 4. The van der Waals surface area contributed by atoms with Crippen LogP contribution in [0.2, 0.25) is 0 Å². The predicted molar refractivity (Wildman–Crippen MR) is 130 cm³/mol. The van der Waals surface area contributed by atoms with Gasteiger partial charge >= 0.3 is 0 Å². The van der Waals surface area contributed by atoms with E-state index in [1.165, 1.54) is 5.56 Å². The molecule has 29 heavy (non-hydrogen) atoms. The molecule has 8 heteroatoms. The molecule has 0 fully saturated rings. The van der Waals surface area contributed by atoms with E-state index in [0.717, 1.165) is 30.9 Å². The van der Waals surface area contributed by atoms with Crippen LogP contribution in [0.3, 0.4) is 0 Å². The van der Waals surface area contributed by atoms with Crippen LogP contribution >= 0.6 is 24.0 Å². The number of rotatable bonds is 11. The molecule has 0 unspecified atom stereocenters. The van der Waals surface area contributed by atoms with Crippen molar-refractivity contribution in [1.82, 2.24) is 16.0 Å². The number of aryl methyl sites for hydroxylation is 1. The van der Waals surface area contributed by atoms with Gasteiger partial charge in [-0.3, -0.25) is 9.79 Å². The Labute approximate surface area is 192 Å². The Morgan fingerprint density at radius 1 is 1.14 bits per heavy atom. The second kappa shape index (κ2) is 14.3. The van der Waals surface area contributed by atoms with Gasteiger partial charge in [0.1, 0.15) is 0 Å². The largest absolute Gasteiger partial charge is 0.493 e. The first kappa shape index (κ1) is 27.3. The zero-order valence-electron chi connectivity index (χ0n) is 18.6. The molecule has 0 atom stereocenters. The van der Waals surface area contributed by atoms with E-state index < -0.39 is 5.41 Å². The van der Waals surface area contributed by atoms with E-state index in [1.54, 1.807) is 14.2 Å². The maximum Gasteiger partial charge on any atom is 0.227 e. The highest BCUT2D eigenvalue weighted by atomic mass is 127. The number of amides is 1. The van der Waals surface area contributed by atoms with Gasteiger partial charge in [0, 0.05) is 26.7 Å². The molecule has 0 aliphatic rings. The van der Waals surface area contributed by atoms with E-state index in [0.29, 0.717) is 25.7 Å². The summed E-state index contributed by atoms with van der Waals surface area (Å²) in [7, 11) is 3.37. The Hall–Kier alpha value is -1.71. The number of aliphatic imine (C=N–C) groups is 1. The Morgan fingerprint density at radius 3 is 2.45 bits per heavy atom. The molecule has 1 aromatic rings. The van der Waals surface area contributed by atoms with Crippen LogP contribution in [0.15, 0.2) is 23.2 Å². The summed E-state index contributed by atoms with van der Waals surface area (Å²) in [4.78, 5) is 16.3. The Morgan fingerprint density at radius 2 is 1.86 bits per heavy atom. The molecule has 0 bridgehead atoms. The number of ether oxygens (including phenoxy) is 2. The fourth-order valence-corrected chi connectivity index (χ4v) is 2.65. The van der Waals surface area contributed by atoms with E-state index in [9.17, 15) is 4.79 Å². The summed E-state index contributed by atoms with van der Waals surface area (Å²) >= 11 is 0. The summed E-state index contributed by atoms with van der Waals surface area (Å²) in [6.07, 6.45) is 1.86. The summed E-state index contributed by atoms with van der Waals surface area (Å²) < 4.78 is 10.9. The van der Waals surface area contributed by atoms with Gasteiger partial charge in [-0.05, 0) is 58.2 Å². The smallest absolute Gasteiger partial charge is 0.227 e. The van der Waals surface area contributed by atoms with Crippen LogP contribution in [0.4, 0.5) is 0 Å². The lowest BCUT2D eigenvalue weighted by molar-refractivity contribution is -0.128. The summed E-state index contributed by atoms with van der Waals surface area (Å²) in [5.74, 6) is 2.26. The third-order valence-electron chi connectivity index (χ3n) is 4.34. The fourth-order valence-electron chi connectivity index (χ4n) is 2.65. The van der Waals surface area contributed by atoms with Crippen LogP contribution in [-0.2, 0) is 11.2 Å². The fraction of sp³-hybridized carbons (Fsp3) is 0.619. The minimum absolute atomic E-state index is 0. The van der Waals surface area contributed by atoms with Crippen molar-refractivity contribution in [2.45, 2.75) is 40.5 Å². The van der Waals surface area contributed by atoms with Gasteiger partial charge in [-0.2, -0.15) is 0 Å².